The minimum absolute atomic E-state index is 0.0236. The second-order valence-corrected chi connectivity index (χ2v) is 5.63. The minimum Gasteiger partial charge on any atom is -0.367 e. The smallest absolute Gasteiger partial charge is 0.276 e. The normalized spacial score (nSPS) is 23.7. The lowest BCUT2D eigenvalue weighted by molar-refractivity contribution is -0.384. The number of rotatable bonds is 3. The van der Waals surface area contributed by atoms with Gasteiger partial charge >= 0.3 is 0 Å². The maximum Gasteiger partial charge on any atom is 0.276 e. The van der Waals surface area contributed by atoms with Crippen LogP contribution in [0.25, 0.3) is 0 Å². The van der Waals surface area contributed by atoms with Crippen LogP contribution in [0.5, 0.6) is 0 Å². The predicted molar refractivity (Wildman–Crippen MR) is 75.6 cm³/mol. The molecule has 1 aliphatic rings. The van der Waals surface area contributed by atoms with Gasteiger partial charge < -0.3 is 5.32 Å². The van der Waals surface area contributed by atoms with Gasteiger partial charge in [-0.25, -0.2) is 4.98 Å². The molecule has 0 spiro atoms. The summed E-state index contributed by atoms with van der Waals surface area (Å²) in [7, 11) is 0. The zero-order valence-corrected chi connectivity index (χ0v) is 11.7. The summed E-state index contributed by atoms with van der Waals surface area (Å²) < 4.78 is 0. The quantitative estimate of drug-likeness (QED) is 0.394. The Morgan fingerprint density at radius 3 is 2.89 bits per heavy atom. The van der Waals surface area contributed by atoms with Crippen LogP contribution in [0.1, 0.15) is 39.0 Å². The van der Waals surface area contributed by atoms with Gasteiger partial charge in [-0.2, -0.15) is 0 Å². The lowest BCUT2D eigenvalue weighted by Crippen LogP contribution is -2.19. The Bertz CT molecular complexity index is 467. The van der Waals surface area contributed by atoms with E-state index in [2.05, 4.69) is 17.2 Å². The maximum absolute atomic E-state index is 10.8. The standard InChI is InChI=1S/C13H18ClN3O2/c1-9-3-2-4-10(6-5-9)15-13-8-11(17(18)19)7-12(14)16-13/h7-10H,2-6H2,1H3,(H,15,16). The van der Waals surface area contributed by atoms with E-state index >= 15 is 0 Å². The van der Waals surface area contributed by atoms with Crippen molar-refractivity contribution in [3.63, 3.8) is 0 Å². The number of aromatic nitrogens is 1. The average molecular weight is 284 g/mol. The summed E-state index contributed by atoms with van der Waals surface area (Å²) in [6, 6.07) is 3.04. The molecule has 104 valence electrons. The Kier molecular flexibility index (Phi) is 4.58. The van der Waals surface area contributed by atoms with Gasteiger partial charge in [-0.15, -0.1) is 0 Å². The fourth-order valence-corrected chi connectivity index (χ4v) is 2.71. The van der Waals surface area contributed by atoms with Gasteiger partial charge in [-0.1, -0.05) is 31.4 Å². The van der Waals surface area contributed by atoms with Crippen molar-refractivity contribution in [3.8, 4) is 0 Å². The van der Waals surface area contributed by atoms with Gasteiger partial charge in [0.15, 0.2) is 0 Å². The second-order valence-electron chi connectivity index (χ2n) is 5.25. The molecule has 2 rings (SSSR count). The van der Waals surface area contributed by atoms with Gasteiger partial charge in [0.2, 0.25) is 0 Å². The van der Waals surface area contributed by atoms with Crippen molar-refractivity contribution in [1.82, 2.24) is 4.98 Å². The molecule has 1 N–H and O–H groups in total. The van der Waals surface area contributed by atoms with Gasteiger partial charge in [0.1, 0.15) is 11.0 Å². The number of halogens is 1. The van der Waals surface area contributed by atoms with E-state index in [0.29, 0.717) is 11.9 Å². The number of nitrogens with zero attached hydrogens (tertiary/aromatic N) is 2. The average Bonchev–Trinajstić information content (AvgIpc) is 2.54. The molecule has 1 aromatic heterocycles. The van der Waals surface area contributed by atoms with Crippen LogP contribution in [-0.4, -0.2) is 15.9 Å². The van der Waals surface area contributed by atoms with Crippen molar-refractivity contribution < 1.29 is 4.92 Å². The van der Waals surface area contributed by atoms with Crippen LogP contribution in [0.3, 0.4) is 0 Å². The van der Waals surface area contributed by atoms with E-state index in [1.807, 2.05) is 0 Å². The van der Waals surface area contributed by atoms with E-state index in [0.717, 1.165) is 18.8 Å². The first kappa shape index (κ1) is 14.1. The first-order valence-electron chi connectivity index (χ1n) is 6.63. The zero-order chi connectivity index (χ0) is 13.8. The maximum atomic E-state index is 10.8. The fraction of sp³-hybridized carbons (Fsp3) is 0.615. The van der Waals surface area contributed by atoms with Crippen molar-refractivity contribution in [2.24, 2.45) is 5.92 Å². The van der Waals surface area contributed by atoms with Gasteiger partial charge in [0.25, 0.3) is 5.69 Å². The number of nitrogens with one attached hydrogen (secondary N) is 1. The molecule has 5 nitrogen and oxygen atoms in total. The van der Waals surface area contributed by atoms with E-state index in [1.54, 1.807) is 0 Å². The fourth-order valence-electron chi connectivity index (χ4n) is 2.50. The molecule has 1 aliphatic carbocycles. The molecule has 1 aromatic rings. The van der Waals surface area contributed by atoms with Crippen LogP contribution in [0.2, 0.25) is 5.15 Å². The minimum atomic E-state index is -0.450. The molecular formula is C13H18ClN3O2. The Morgan fingerprint density at radius 1 is 1.37 bits per heavy atom. The highest BCUT2D eigenvalue weighted by Crippen LogP contribution is 2.26. The highest BCUT2D eigenvalue weighted by atomic mass is 35.5. The molecule has 0 saturated heterocycles. The number of hydrogen-bond acceptors (Lipinski definition) is 4. The molecule has 6 heteroatoms. The molecule has 19 heavy (non-hydrogen) atoms. The summed E-state index contributed by atoms with van der Waals surface area (Å²) in [4.78, 5) is 14.4. The largest absolute Gasteiger partial charge is 0.367 e. The molecule has 2 unspecified atom stereocenters. The highest BCUT2D eigenvalue weighted by molar-refractivity contribution is 6.29. The van der Waals surface area contributed by atoms with Gasteiger partial charge in [-0.3, -0.25) is 10.1 Å². The van der Waals surface area contributed by atoms with Crippen LogP contribution >= 0.6 is 11.6 Å². The molecule has 1 saturated carbocycles. The second kappa shape index (κ2) is 6.19. The Balaban J connectivity index is 2.07. The lowest BCUT2D eigenvalue weighted by atomic mass is 10.0. The SMILES string of the molecule is CC1CCCC(Nc2cc([N+](=O)[O-])cc(Cl)n2)CC1. The molecule has 1 fully saturated rings. The molecule has 0 aromatic carbocycles. The Hall–Kier alpha value is -1.36. The van der Waals surface area contributed by atoms with Crippen molar-refractivity contribution in [2.75, 3.05) is 5.32 Å². The van der Waals surface area contributed by atoms with Crippen LogP contribution in [0, 0.1) is 16.0 Å². The van der Waals surface area contributed by atoms with Crippen molar-refractivity contribution in [3.05, 3.63) is 27.4 Å². The number of nitro groups is 1. The third kappa shape index (κ3) is 4.06. The summed E-state index contributed by atoms with van der Waals surface area (Å²) in [6.07, 6.45) is 5.76. The summed E-state index contributed by atoms with van der Waals surface area (Å²) in [5.41, 5.74) is -0.0236. The zero-order valence-electron chi connectivity index (χ0n) is 10.9. The monoisotopic (exact) mass is 283 g/mol. The van der Waals surface area contributed by atoms with Crippen LogP contribution in [-0.2, 0) is 0 Å². The number of hydrogen-bond donors (Lipinski definition) is 1. The Morgan fingerprint density at radius 2 is 2.16 bits per heavy atom. The molecule has 0 aliphatic heterocycles. The first-order valence-corrected chi connectivity index (χ1v) is 7.01. The first-order chi connectivity index (χ1) is 9.04. The van der Waals surface area contributed by atoms with Crippen molar-refractivity contribution in [1.29, 1.82) is 0 Å². The van der Waals surface area contributed by atoms with E-state index in [1.165, 1.54) is 31.4 Å². The third-order valence-corrected chi connectivity index (χ3v) is 3.79. The predicted octanol–water partition coefficient (Wildman–Crippen LogP) is 4.02. The number of pyridine rings is 1. The van der Waals surface area contributed by atoms with Crippen LogP contribution in [0.4, 0.5) is 11.5 Å². The van der Waals surface area contributed by atoms with Crippen LogP contribution < -0.4 is 5.32 Å². The van der Waals surface area contributed by atoms with E-state index in [4.69, 9.17) is 11.6 Å². The van der Waals surface area contributed by atoms with Gasteiger partial charge in [0.05, 0.1) is 17.1 Å². The molecular weight excluding hydrogens is 266 g/mol. The molecule has 0 radical (unpaired) electrons. The van der Waals surface area contributed by atoms with Gasteiger partial charge in [-0.05, 0) is 25.2 Å². The van der Waals surface area contributed by atoms with E-state index < -0.39 is 4.92 Å². The highest BCUT2D eigenvalue weighted by Gasteiger charge is 2.18. The molecule has 2 atom stereocenters. The summed E-state index contributed by atoms with van der Waals surface area (Å²) in [6.45, 7) is 2.27. The number of anilines is 1. The van der Waals surface area contributed by atoms with Crippen molar-refractivity contribution in [2.45, 2.75) is 45.1 Å². The molecule has 0 amide bonds. The molecule has 0 bridgehead atoms. The third-order valence-electron chi connectivity index (χ3n) is 3.60. The molecule has 1 heterocycles. The van der Waals surface area contributed by atoms with Crippen LogP contribution in [0.15, 0.2) is 12.1 Å². The van der Waals surface area contributed by atoms with Gasteiger partial charge in [0, 0.05) is 6.04 Å². The summed E-state index contributed by atoms with van der Waals surface area (Å²) in [5.74, 6) is 1.26. The van der Waals surface area contributed by atoms with E-state index in [-0.39, 0.29) is 10.8 Å². The summed E-state index contributed by atoms with van der Waals surface area (Å²) in [5, 5.41) is 14.2. The Labute approximate surface area is 117 Å². The van der Waals surface area contributed by atoms with Crippen molar-refractivity contribution >= 4 is 23.1 Å². The topological polar surface area (TPSA) is 68.1 Å². The van der Waals surface area contributed by atoms with E-state index in [9.17, 15) is 10.1 Å². The summed E-state index contributed by atoms with van der Waals surface area (Å²) >= 11 is 5.81. The lowest BCUT2D eigenvalue weighted by Gasteiger charge is -2.17.